The summed E-state index contributed by atoms with van der Waals surface area (Å²) in [6.45, 7) is 7.19. The van der Waals surface area contributed by atoms with E-state index in [-0.39, 0.29) is 0 Å². The molecule has 0 saturated carbocycles. The van der Waals surface area contributed by atoms with E-state index in [1.54, 1.807) is 30.9 Å². The fourth-order valence-corrected chi connectivity index (χ4v) is 2.56. The van der Waals surface area contributed by atoms with Crippen molar-refractivity contribution in [3.8, 4) is 11.8 Å². The number of amides is 1. The Kier molecular flexibility index (Phi) is 11.9. The molecule has 2 aromatic rings. The van der Waals surface area contributed by atoms with Gasteiger partial charge in [0.2, 0.25) is 0 Å². The molecule has 33 heavy (non-hydrogen) atoms. The predicted octanol–water partition coefficient (Wildman–Crippen LogP) is 3.50. The van der Waals surface area contributed by atoms with Gasteiger partial charge in [0.25, 0.3) is 0 Å². The molecule has 180 valence electrons. The van der Waals surface area contributed by atoms with E-state index in [9.17, 15) is 4.79 Å². The Bertz CT molecular complexity index is 926. The van der Waals surface area contributed by atoms with Crippen LogP contribution < -0.4 is 11.1 Å². The zero-order valence-electron chi connectivity index (χ0n) is 21.0. The van der Waals surface area contributed by atoms with E-state index < -0.39 is 11.7 Å². The third-order valence-electron chi connectivity index (χ3n) is 4.07. The SMILES string of the molecule is CN(C)CC#Cc1ccncc1NC(=O)OC(C)(C)C.CN(C)CCCc1ccncc1N. The second kappa shape index (κ2) is 14.1. The number of hydrogen-bond acceptors (Lipinski definition) is 7. The first-order chi connectivity index (χ1) is 15.5. The van der Waals surface area contributed by atoms with Gasteiger partial charge < -0.3 is 15.4 Å². The van der Waals surface area contributed by atoms with Crippen LogP contribution >= 0.6 is 0 Å². The Morgan fingerprint density at radius 1 is 1.09 bits per heavy atom. The number of rotatable bonds is 6. The Morgan fingerprint density at radius 3 is 2.36 bits per heavy atom. The van der Waals surface area contributed by atoms with E-state index in [0.29, 0.717) is 17.8 Å². The summed E-state index contributed by atoms with van der Waals surface area (Å²) in [7, 11) is 8.05. The fraction of sp³-hybridized carbons (Fsp3) is 0.480. The largest absolute Gasteiger partial charge is 0.444 e. The molecule has 0 fully saturated rings. The van der Waals surface area contributed by atoms with Crippen LogP contribution in [0.2, 0.25) is 0 Å². The van der Waals surface area contributed by atoms with Gasteiger partial charge in [-0.15, -0.1) is 0 Å². The molecule has 2 heterocycles. The summed E-state index contributed by atoms with van der Waals surface area (Å²) in [5.41, 5.74) is 8.50. The van der Waals surface area contributed by atoms with Crippen LogP contribution in [-0.4, -0.2) is 72.7 Å². The summed E-state index contributed by atoms with van der Waals surface area (Å²) < 4.78 is 5.21. The highest BCUT2D eigenvalue weighted by molar-refractivity contribution is 5.86. The highest BCUT2D eigenvalue weighted by Crippen LogP contribution is 2.15. The standard InChI is InChI=1S/C15H21N3O2.C10H17N3/c1-15(2,3)20-14(19)17-13-11-16-9-8-12(13)7-6-10-18(4)5;1-13(2)7-3-4-9-5-6-12-8-10(9)11/h8-9,11H,10H2,1-5H3,(H,17,19);5-6,8H,3-4,7,11H2,1-2H3. The minimum absolute atomic E-state index is 0.513. The maximum absolute atomic E-state index is 11.7. The monoisotopic (exact) mass is 454 g/mol. The lowest BCUT2D eigenvalue weighted by Crippen LogP contribution is -2.27. The number of nitrogen functional groups attached to an aromatic ring is 1. The zero-order chi connectivity index (χ0) is 24.9. The van der Waals surface area contributed by atoms with Gasteiger partial charge in [-0.3, -0.25) is 20.2 Å². The number of carbonyl (C=O) groups excluding carboxylic acids is 1. The van der Waals surface area contributed by atoms with Crippen LogP contribution in [0.3, 0.4) is 0 Å². The van der Waals surface area contributed by atoms with Gasteiger partial charge in [-0.25, -0.2) is 4.79 Å². The first kappa shape index (κ1) is 27.9. The van der Waals surface area contributed by atoms with Crippen LogP contribution in [0.15, 0.2) is 36.9 Å². The van der Waals surface area contributed by atoms with E-state index in [0.717, 1.165) is 25.1 Å². The summed E-state index contributed by atoms with van der Waals surface area (Å²) in [4.78, 5) is 23.8. The number of nitrogens with two attached hydrogens (primary N) is 1. The van der Waals surface area contributed by atoms with Crippen LogP contribution in [0, 0.1) is 11.8 Å². The lowest BCUT2D eigenvalue weighted by atomic mass is 10.1. The normalized spacial score (nSPS) is 10.7. The molecule has 3 N–H and O–H groups in total. The lowest BCUT2D eigenvalue weighted by Gasteiger charge is -2.19. The molecule has 0 saturated heterocycles. The molecule has 0 aliphatic rings. The first-order valence-electron chi connectivity index (χ1n) is 10.9. The molecule has 0 aliphatic carbocycles. The molecule has 2 aromatic heterocycles. The van der Waals surface area contributed by atoms with Crippen LogP contribution in [0.5, 0.6) is 0 Å². The smallest absolute Gasteiger partial charge is 0.412 e. The van der Waals surface area contributed by atoms with Gasteiger partial charge in [0.05, 0.1) is 35.9 Å². The van der Waals surface area contributed by atoms with Gasteiger partial charge in [0, 0.05) is 12.4 Å². The van der Waals surface area contributed by atoms with Crippen molar-refractivity contribution >= 4 is 17.5 Å². The van der Waals surface area contributed by atoms with Crippen molar-refractivity contribution in [1.29, 1.82) is 0 Å². The Hall–Kier alpha value is -3.15. The predicted molar refractivity (Wildman–Crippen MR) is 135 cm³/mol. The summed E-state index contributed by atoms with van der Waals surface area (Å²) in [5, 5.41) is 2.67. The molecular weight excluding hydrogens is 416 g/mol. The number of aromatic nitrogens is 2. The fourth-order valence-electron chi connectivity index (χ4n) is 2.56. The molecule has 0 aliphatic heterocycles. The van der Waals surface area contributed by atoms with Crippen molar-refractivity contribution in [3.05, 3.63) is 48.0 Å². The number of carbonyl (C=O) groups is 1. The summed E-state index contributed by atoms with van der Waals surface area (Å²) in [6.07, 6.45) is 8.37. The molecule has 0 atom stereocenters. The van der Waals surface area contributed by atoms with Crippen molar-refractivity contribution in [3.63, 3.8) is 0 Å². The van der Waals surface area contributed by atoms with Crippen molar-refractivity contribution in [2.24, 2.45) is 0 Å². The number of ether oxygens (including phenoxy) is 1. The van der Waals surface area contributed by atoms with Crippen molar-refractivity contribution in [1.82, 2.24) is 19.8 Å². The molecule has 0 radical (unpaired) electrons. The van der Waals surface area contributed by atoms with E-state index in [4.69, 9.17) is 10.5 Å². The Morgan fingerprint density at radius 2 is 1.76 bits per heavy atom. The summed E-state index contributed by atoms with van der Waals surface area (Å²) in [5.74, 6) is 6.03. The van der Waals surface area contributed by atoms with Crippen LogP contribution in [-0.2, 0) is 11.2 Å². The molecule has 0 aromatic carbocycles. The molecule has 0 bridgehead atoms. The average Bonchev–Trinajstić information content (AvgIpc) is 2.69. The van der Waals surface area contributed by atoms with Crippen molar-refractivity contribution < 1.29 is 9.53 Å². The van der Waals surface area contributed by atoms with E-state index in [2.05, 4.69) is 46.1 Å². The maximum Gasteiger partial charge on any atom is 0.412 e. The van der Waals surface area contributed by atoms with Gasteiger partial charge in [-0.05, 0) is 86.0 Å². The molecule has 8 heteroatoms. The number of hydrogen-bond donors (Lipinski definition) is 2. The number of nitrogens with zero attached hydrogens (tertiary/aromatic N) is 4. The second-order valence-corrected chi connectivity index (χ2v) is 9.07. The lowest BCUT2D eigenvalue weighted by molar-refractivity contribution is 0.0636. The number of aryl methyl sites for hydroxylation is 1. The Labute approximate surface area is 198 Å². The third kappa shape index (κ3) is 13.1. The zero-order valence-corrected chi connectivity index (χ0v) is 21.0. The van der Waals surface area contributed by atoms with E-state index >= 15 is 0 Å². The summed E-state index contributed by atoms with van der Waals surface area (Å²) in [6, 6.07) is 3.75. The van der Waals surface area contributed by atoms with Gasteiger partial charge in [0.1, 0.15) is 5.60 Å². The molecule has 8 nitrogen and oxygen atoms in total. The average molecular weight is 455 g/mol. The highest BCUT2D eigenvalue weighted by atomic mass is 16.6. The number of nitrogens with one attached hydrogen (secondary N) is 1. The molecular formula is C25H38N6O2. The molecule has 2 rings (SSSR count). The van der Waals surface area contributed by atoms with Crippen molar-refractivity contribution in [2.45, 2.75) is 39.2 Å². The topological polar surface area (TPSA) is 96.6 Å². The van der Waals surface area contributed by atoms with Crippen LogP contribution in [0.4, 0.5) is 16.2 Å². The molecule has 1 amide bonds. The minimum Gasteiger partial charge on any atom is -0.444 e. The number of pyridine rings is 2. The summed E-state index contributed by atoms with van der Waals surface area (Å²) >= 11 is 0. The van der Waals surface area contributed by atoms with E-state index in [1.165, 1.54) is 5.56 Å². The van der Waals surface area contributed by atoms with Crippen molar-refractivity contribution in [2.75, 3.05) is 52.3 Å². The number of anilines is 2. The Balaban J connectivity index is 0.000000361. The first-order valence-corrected chi connectivity index (χ1v) is 10.9. The van der Waals surface area contributed by atoms with Crippen LogP contribution in [0.25, 0.3) is 0 Å². The van der Waals surface area contributed by atoms with Crippen LogP contribution in [0.1, 0.15) is 38.3 Å². The van der Waals surface area contributed by atoms with Gasteiger partial charge in [-0.1, -0.05) is 11.8 Å². The maximum atomic E-state index is 11.7. The second-order valence-electron chi connectivity index (χ2n) is 9.07. The van der Waals surface area contributed by atoms with Gasteiger partial charge >= 0.3 is 6.09 Å². The molecule has 0 spiro atoms. The molecule has 0 unspecified atom stereocenters. The van der Waals surface area contributed by atoms with E-state index in [1.807, 2.05) is 45.8 Å². The third-order valence-corrected chi connectivity index (χ3v) is 4.07. The van der Waals surface area contributed by atoms with Gasteiger partial charge in [0.15, 0.2) is 0 Å². The minimum atomic E-state index is -0.539. The highest BCUT2D eigenvalue weighted by Gasteiger charge is 2.16. The quantitative estimate of drug-likeness (QED) is 0.645. The van der Waals surface area contributed by atoms with Gasteiger partial charge in [-0.2, -0.15) is 0 Å².